The molecule has 17 heteroatoms. The molecule has 3 aromatic rings. The highest BCUT2D eigenvalue weighted by atomic mass is 35.5. The van der Waals surface area contributed by atoms with Gasteiger partial charge in [-0.15, -0.1) is 0 Å². The first-order valence-corrected chi connectivity index (χ1v) is 21.2. The lowest BCUT2D eigenvalue weighted by Crippen LogP contribution is -2.54. The van der Waals surface area contributed by atoms with Gasteiger partial charge in [-0.05, 0) is 87.0 Å². The van der Waals surface area contributed by atoms with Gasteiger partial charge in [0.25, 0.3) is 17.7 Å². The van der Waals surface area contributed by atoms with Crippen LogP contribution in [0.2, 0.25) is 5.02 Å². The number of rotatable bonds is 9. The zero-order chi connectivity index (χ0) is 41.7. The molecule has 5 amide bonds. The topological polar surface area (TPSA) is 181 Å². The largest absolute Gasteiger partial charge is 0.490 e. The molecule has 0 radical (unpaired) electrons. The number of aromatic nitrogens is 2. The first kappa shape index (κ1) is 39.8. The molecule has 4 saturated heterocycles. The average molecular weight is 838 g/mol. The molecule has 3 unspecified atom stereocenters. The predicted molar refractivity (Wildman–Crippen MR) is 216 cm³/mol. The van der Waals surface area contributed by atoms with Crippen molar-refractivity contribution in [3.05, 3.63) is 75.8 Å². The van der Waals surface area contributed by atoms with Gasteiger partial charge in [-0.25, -0.2) is 14.4 Å². The summed E-state index contributed by atoms with van der Waals surface area (Å²) >= 11 is 6.15. The van der Waals surface area contributed by atoms with Gasteiger partial charge in [0.1, 0.15) is 23.7 Å². The lowest BCUT2D eigenvalue weighted by Gasteiger charge is -2.35. The molecule has 60 heavy (non-hydrogen) atoms. The molecule has 1 aliphatic carbocycles. The number of nitriles is 1. The molecular formula is C43H45ClFN9O6. The molecule has 2 N–H and O–H groups in total. The number of nitrogens with one attached hydrogen (secondary N) is 2. The number of likely N-dealkylation sites (tertiary alicyclic amines) is 1. The number of halogens is 2. The second-order valence-electron chi connectivity index (χ2n) is 17.0. The number of hydrogen-bond donors (Lipinski definition) is 2. The highest BCUT2D eigenvalue weighted by Crippen LogP contribution is 2.37. The number of ether oxygens (including phenoxy) is 1. The Hall–Kier alpha value is -5.66. The molecule has 312 valence electrons. The van der Waals surface area contributed by atoms with E-state index in [2.05, 4.69) is 30.4 Å². The van der Waals surface area contributed by atoms with Gasteiger partial charge in [0, 0.05) is 76.7 Å². The third-order valence-electron chi connectivity index (χ3n) is 13.1. The van der Waals surface area contributed by atoms with Crippen LogP contribution in [0.1, 0.15) is 88.0 Å². The van der Waals surface area contributed by atoms with Gasteiger partial charge in [-0.1, -0.05) is 11.6 Å². The minimum atomic E-state index is -1.10. The fourth-order valence-electron chi connectivity index (χ4n) is 9.89. The van der Waals surface area contributed by atoms with Gasteiger partial charge in [0.2, 0.25) is 17.8 Å². The summed E-state index contributed by atoms with van der Waals surface area (Å²) in [5.74, 6) is -0.580. The summed E-state index contributed by atoms with van der Waals surface area (Å²) < 4.78 is 21.5. The van der Waals surface area contributed by atoms with Gasteiger partial charge in [0.15, 0.2) is 0 Å². The minimum absolute atomic E-state index is 0.0135. The van der Waals surface area contributed by atoms with E-state index >= 15 is 4.39 Å². The molecule has 5 aliphatic heterocycles. The third kappa shape index (κ3) is 7.88. The summed E-state index contributed by atoms with van der Waals surface area (Å²) in [5.41, 5.74) is 1.14. The molecular weight excluding hydrogens is 793 g/mol. The second-order valence-corrected chi connectivity index (χ2v) is 17.4. The van der Waals surface area contributed by atoms with E-state index in [-0.39, 0.29) is 47.7 Å². The molecule has 9 rings (SSSR count). The maximum Gasteiger partial charge on any atom is 0.262 e. The number of fused-ring (bicyclic) bond motifs is 2. The Morgan fingerprint density at radius 1 is 0.900 bits per heavy atom. The normalized spacial score (nSPS) is 25.9. The zero-order valence-corrected chi connectivity index (χ0v) is 33.7. The van der Waals surface area contributed by atoms with Crippen molar-refractivity contribution in [3.63, 3.8) is 0 Å². The molecule has 0 spiro atoms. The number of anilines is 2. The highest BCUT2D eigenvalue weighted by molar-refractivity contribution is 6.31. The van der Waals surface area contributed by atoms with Gasteiger partial charge < -0.3 is 24.8 Å². The Balaban J connectivity index is 0.709. The van der Waals surface area contributed by atoms with Gasteiger partial charge in [0.05, 0.1) is 39.1 Å². The minimum Gasteiger partial charge on any atom is -0.490 e. The van der Waals surface area contributed by atoms with Crippen LogP contribution < -0.4 is 25.2 Å². The van der Waals surface area contributed by atoms with Crippen molar-refractivity contribution in [3.8, 4) is 11.8 Å². The molecule has 2 aromatic carbocycles. The summed E-state index contributed by atoms with van der Waals surface area (Å²) in [7, 11) is 0. The van der Waals surface area contributed by atoms with Crippen molar-refractivity contribution in [2.75, 3.05) is 55.6 Å². The van der Waals surface area contributed by atoms with Crippen LogP contribution in [0.5, 0.6) is 5.75 Å². The van der Waals surface area contributed by atoms with Crippen molar-refractivity contribution in [2.45, 2.75) is 69.6 Å². The monoisotopic (exact) mass is 837 g/mol. The number of carbonyl (C=O) groups excluding carboxylic acids is 5. The van der Waals surface area contributed by atoms with E-state index < -0.39 is 35.5 Å². The van der Waals surface area contributed by atoms with Gasteiger partial charge >= 0.3 is 0 Å². The Bertz CT molecular complexity index is 2260. The van der Waals surface area contributed by atoms with Crippen LogP contribution in [-0.2, 0) is 9.59 Å². The van der Waals surface area contributed by atoms with Crippen LogP contribution >= 0.6 is 11.6 Å². The van der Waals surface area contributed by atoms with Crippen LogP contribution in [0.3, 0.4) is 0 Å². The van der Waals surface area contributed by atoms with Crippen LogP contribution in [0.15, 0.2) is 42.7 Å². The first-order chi connectivity index (χ1) is 29.0. The fourth-order valence-corrected chi connectivity index (χ4v) is 10.1. The van der Waals surface area contributed by atoms with Crippen molar-refractivity contribution >= 4 is 52.8 Å². The Kier molecular flexibility index (Phi) is 10.9. The summed E-state index contributed by atoms with van der Waals surface area (Å²) in [6, 6.07) is 8.61. The number of imide groups is 2. The number of nitrogens with zero attached hydrogens (tertiary/aromatic N) is 7. The third-order valence-corrected chi connectivity index (χ3v) is 13.4. The number of carbonyl (C=O) groups is 5. The van der Waals surface area contributed by atoms with E-state index in [1.807, 2.05) is 11.0 Å². The van der Waals surface area contributed by atoms with Crippen LogP contribution in [0.4, 0.5) is 16.0 Å². The van der Waals surface area contributed by atoms with E-state index in [1.165, 1.54) is 6.07 Å². The quantitative estimate of drug-likeness (QED) is 0.297. The second kappa shape index (κ2) is 16.4. The number of piperidine rings is 2. The van der Waals surface area contributed by atoms with E-state index in [9.17, 15) is 24.0 Å². The zero-order valence-electron chi connectivity index (χ0n) is 32.9. The van der Waals surface area contributed by atoms with Gasteiger partial charge in [-0.2, -0.15) is 5.26 Å². The van der Waals surface area contributed by atoms with Crippen molar-refractivity contribution in [1.29, 1.82) is 5.26 Å². The molecule has 6 aliphatic rings. The van der Waals surface area contributed by atoms with E-state index in [4.69, 9.17) is 21.6 Å². The highest BCUT2D eigenvalue weighted by Gasteiger charge is 2.46. The van der Waals surface area contributed by atoms with Crippen LogP contribution in [0, 0.1) is 34.9 Å². The van der Waals surface area contributed by atoms with E-state index in [1.54, 1.807) is 30.6 Å². The van der Waals surface area contributed by atoms with Crippen molar-refractivity contribution in [2.24, 2.45) is 17.8 Å². The number of amides is 5. The summed E-state index contributed by atoms with van der Waals surface area (Å²) in [6.45, 7) is 5.86. The lowest BCUT2D eigenvalue weighted by molar-refractivity contribution is -0.136. The maximum absolute atomic E-state index is 15.5. The smallest absolute Gasteiger partial charge is 0.262 e. The molecule has 6 heterocycles. The van der Waals surface area contributed by atoms with Crippen molar-refractivity contribution < 1.29 is 33.1 Å². The predicted octanol–water partition coefficient (Wildman–Crippen LogP) is 3.95. The van der Waals surface area contributed by atoms with Crippen LogP contribution in [-0.4, -0.2) is 113 Å². The maximum atomic E-state index is 15.5. The summed E-state index contributed by atoms with van der Waals surface area (Å²) in [5, 5.41) is 14.8. The van der Waals surface area contributed by atoms with Crippen LogP contribution in [0.25, 0.3) is 0 Å². The summed E-state index contributed by atoms with van der Waals surface area (Å²) in [4.78, 5) is 80.3. The Morgan fingerprint density at radius 2 is 1.58 bits per heavy atom. The Morgan fingerprint density at radius 3 is 2.23 bits per heavy atom. The standard InChI is InChI=1S/C43H45ClFN9O6/c44-34-13-31(4-1-25(34)16-46)60-30-5-2-29(3-6-30)49-39(56)26-17-47-43(48-18-26)53-22-27-20-51(21-28(27)23-53)19-24-9-11-52(12-10-24)37-15-33-32(14-35(37)45)41(58)54(42(33)59)36-7-8-38(55)50-40(36)57/h1,4,13-15,17-18,24,27-30,36H,2-3,5-12,19-23H2,(H,49,56)(H,50,55,57)/t27?,28?,29-,30-,36?. The molecule has 1 saturated carbocycles. The molecule has 3 atom stereocenters. The number of hydrogen-bond acceptors (Lipinski definition) is 12. The van der Waals surface area contributed by atoms with Gasteiger partial charge in [-0.3, -0.25) is 34.2 Å². The van der Waals surface area contributed by atoms with E-state index in [0.29, 0.717) is 58.7 Å². The number of benzene rings is 2. The SMILES string of the molecule is N#Cc1ccc(O[C@H]2CC[C@H](NC(=O)c3cnc(N4CC5CN(CC6CCN(c7cc8c(cc7F)C(=O)N(C7CCC(=O)NC7=O)C8=O)CC6)CC5C4)nc3)CC2)cc1Cl. The molecule has 5 fully saturated rings. The molecule has 1 aromatic heterocycles. The molecule has 0 bridgehead atoms. The average Bonchev–Trinajstić information content (AvgIpc) is 3.88. The van der Waals surface area contributed by atoms with E-state index in [0.717, 1.165) is 82.2 Å². The lowest BCUT2D eigenvalue weighted by atomic mass is 9.92. The molecule has 15 nitrogen and oxygen atoms in total. The first-order valence-electron chi connectivity index (χ1n) is 20.8. The van der Waals surface area contributed by atoms with Crippen molar-refractivity contribution in [1.82, 2.24) is 30.4 Å². The fraction of sp³-hybridized carbons (Fsp3) is 0.488. The Labute approximate surface area is 351 Å². The summed E-state index contributed by atoms with van der Waals surface area (Å²) in [6.07, 6.45) is 8.15.